The Bertz CT molecular complexity index is 2850. The Kier molecular flexibility index (Phi) is 7.27. The molecule has 0 saturated carbocycles. The van der Waals surface area contributed by atoms with Gasteiger partial charge in [0.15, 0.2) is 17.5 Å². The Morgan fingerprint density at radius 2 is 0.868 bits per heavy atom. The molecule has 0 unspecified atom stereocenters. The molecule has 0 N–H and O–H groups in total. The maximum Gasteiger partial charge on any atom is 0.164 e. The van der Waals surface area contributed by atoms with Gasteiger partial charge in [-0.3, -0.25) is 0 Å². The molecule has 250 valence electrons. The maximum atomic E-state index is 5.30. The van der Waals surface area contributed by atoms with Crippen molar-refractivity contribution in [2.75, 3.05) is 0 Å². The van der Waals surface area contributed by atoms with Gasteiger partial charge in [-0.2, -0.15) is 0 Å². The van der Waals surface area contributed by atoms with Gasteiger partial charge in [0.25, 0.3) is 0 Å². The van der Waals surface area contributed by atoms with Gasteiger partial charge in [0, 0.05) is 16.7 Å². The zero-order chi connectivity index (χ0) is 35.5. The highest BCUT2D eigenvalue weighted by Crippen LogP contribution is 2.38. The Hall–Kier alpha value is -6.49. The SMILES string of the molecule is C[Si]1(C)c2ccc3ccccc3c2-c2cccc(-c3nc(-c4ccc(-c5ccccc5)cc4)nc(-c4ccc5cc(-c6ccccc6)ccc5c4)n3)c21. The lowest BCUT2D eigenvalue weighted by molar-refractivity contribution is 1.08. The summed E-state index contributed by atoms with van der Waals surface area (Å²) in [5.41, 5.74) is 10.4. The zero-order valence-electron chi connectivity index (χ0n) is 29.6. The summed E-state index contributed by atoms with van der Waals surface area (Å²) in [7, 11) is -2.13. The monoisotopic (exact) mass is 693 g/mol. The molecule has 0 amide bonds. The summed E-state index contributed by atoms with van der Waals surface area (Å²) in [5.74, 6) is 2.05. The summed E-state index contributed by atoms with van der Waals surface area (Å²) < 4.78 is 0. The predicted molar refractivity (Wildman–Crippen MR) is 224 cm³/mol. The van der Waals surface area contributed by atoms with Gasteiger partial charge < -0.3 is 0 Å². The molecule has 0 atom stereocenters. The van der Waals surface area contributed by atoms with Gasteiger partial charge in [0.2, 0.25) is 0 Å². The smallest absolute Gasteiger partial charge is 0.164 e. The van der Waals surface area contributed by atoms with E-state index >= 15 is 0 Å². The summed E-state index contributed by atoms with van der Waals surface area (Å²) in [6.07, 6.45) is 0. The highest BCUT2D eigenvalue weighted by molar-refractivity contribution is 7.04. The van der Waals surface area contributed by atoms with Gasteiger partial charge >= 0.3 is 0 Å². The summed E-state index contributed by atoms with van der Waals surface area (Å²) in [6.45, 7) is 4.93. The van der Waals surface area contributed by atoms with Crippen LogP contribution < -0.4 is 10.4 Å². The van der Waals surface area contributed by atoms with Gasteiger partial charge in [-0.25, -0.2) is 15.0 Å². The van der Waals surface area contributed by atoms with Crippen LogP contribution in [0.1, 0.15) is 0 Å². The molecule has 3 nitrogen and oxygen atoms in total. The minimum absolute atomic E-state index is 0.669. The molecule has 10 rings (SSSR count). The van der Waals surface area contributed by atoms with E-state index in [0.717, 1.165) is 27.6 Å². The van der Waals surface area contributed by atoms with E-state index in [2.05, 4.69) is 183 Å². The van der Waals surface area contributed by atoms with Gasteiger partial charge in [-0.1, -0.05) is 177 Å². The van der Waals surface area contributed by atoms with Crippen molar-refractivity contribution in [2.45, 2.75) is 13.1 Å². The minimum Gasteiger partial charge on any atom is -0.208 e. The fourth-order valence-corrected chi connectivity index (χ4v) is 11.6. The van der Waals surface area contributed by atoms with E-state index in [1.165, 1.54) is 54.3 Å². The molecule has 1 aromatic heterocycles. The second-order valence-corrected chi connectivity index (χ2v) is 18.7. The Morgan fingerprint density at radius 3 is 1.60 bits per heavy atom. The number of hydrogen-bond donors (Lipinski definition) is 0. The quantitative estimate of drug-likeness (QED) is 0.168. The van der Waals surface area contributed by atoms with Crippen LogP contribution in [0.4, 0.5) is 0 Å². The Morgan fingerprint density at radius 1 is 0.358 bits per heavy atom. The fourth-order valence-electron chi connectivity index (χ4n) is 8.23. The lowest BCUT2D eigenvalue weighted by Gasteiger charge is -2.22. The van der Waals surface area contributed by atoms with E-state index in [4.69, 9.17) is 15.0 Å². The molecule has 0 fully saturated rings. The van der Waals surface area contributed by atoms with E-state index in [1.54, 1.807) is 0 Å². The molecule has 9 aromatic rings. The first-order valence-corrected chi connectivity index (χ1v) is 21.2. The molecule has 1 aliphatic rings. The van der Waals surface area contributed by atoms with Crippen molar-refractivity contribution in [3.05, 3.63) is 176 Å². The first-order chi connectivity index (χ1) is 26.0. The van der Waals surface area contributed by atoms with Gasteiger partial charge in [0.05, 0.1) is 0 Å². The third kappa shape index (κ3) is 5.30. The number of aromatic nitrogens is 3. The van der Waals surface area contributed by atoms with E-state index in [0.29, 0.717) is 17.5 Å². The lowest BCUT2D eigenvalue weighted by Crippen LogP contribution is -2.50. The van der Waals surface area contributed by atoms with Crippen LogP contribution in [0.15, 0.2) is 176 Å². The molecule has 0 bridgehead atoms. The lowest BCUT2D eigenvalue weighted by atomic mass is 9.97. The number of nitrogens with zero attached hydrogens (tertiary/aromatic N) is 3. The average molecular weight is 694 g/mol. The molecule has 2 heterocycles. The average Bonchev–Trinajstić information content (AvgIpc) is 3.47. The predicted octanol–water partition coefficient (Wildman–Crippen LogP) is 11.3. The molecule has 1 aliphatic heterocycles. The first-order valence-electron chi connectivity index (χ1n) is 18.2. The second-order valence-electron chi connectivity index (χ2n) is 14.5. The first kappa shape index (κ1) is 31.3. The molecule has 0 saturated heterocycles. The number of hydrogen-bond acceptors (Lipinski definition) is 3. The maximum absolute atomic E-state index is 5.30. The van der Waals surface area contributed by atoms with E-state index in [9.17, 15) is 0 Å². The molecule has 53 heavy (non-hydrogen) atoms. The van der Waals surface area contributed by atoms with Crippen molar-refractivity contribution in [3.63, 3.8) is 0 Å². The molecule has 4 heteroatoms. The van der Waals surface area contributed by atoms with Crippen LogP contribution in [-0.2, 0) is 0 Å². The Labute approximate surface area is 310 Å². The van der Waals surface area contributed by atoms with Gasteiger partial charge in [-0.05, 0) is 77.4 Å². The van der Waals surface area contributed by atoms with Crippen LogP contribution in [0.5, 0.6) is 0 Å². The van der Waals surface area contributed by atoms with Crippen LogP contribution in [-0.4, -0.2) is 23.0 Å². The van der Waals surface area contributed by atoms with Crippen molar-refractivity contribution in [3.8, 4) is 67.5 Å². The number of benzene rings is 8. The van der Waals surface area contributed by atoms with Crippen molar-refractivity contribution in [1.82, 2.24) is 15.0 Å². The van der Waals surface area contributed by atoms with Crippen LogP contribution in [0.3, 0.4) is 0 Å². The second kappa shape index (κ2) is 12.3. The highest BCUT2D eigenvalue weighted by atomic mass is 28.3. The summed E-state index contributed by atoms with van der Waals surface area (Å²) in [4.78, 5) is 15.8. The van der Waals surface area contributed by atoms with Crippen molar-refractivity contribution < 1.29 is 0 Å². The fraction of sp³-hybridized carbons (Fsp3) is 0.0408. The van der Waals surface area contributed by atoms with E-state index in [1.807, 2.05) is 6.07 Å². The Balaban J connectivity index is 1.15. The van der Waals surface area contributed by atoms with Gasteiger partial charge in [0.1, 0.15) is 8.07 Å². The summed E-state index contributed by atoms with van der Waals surface area (Å²) in [5, 5.41) is 7.76. The largest absolute Gasteiger partial charge is 0.208 e. The van der Waals surface area contributed by atoms with Gasteiger partial charge in [-0.15, -0.1) is 0 Å². The van der Waals surface area contributed by atoms with Crippen molar-refractivity contribution >= 4 is 40.0 Å². The standard InChI is InChI=1S/C49H35N3Si/c1-53(2)44-29-28-35-16-9-10-17-41(35)45(44)42-18-11-19-43(46(42)53)49-51-47(36-22-20-34(21-23-36)32-12-5-3-6-13-32)50-48(52-49)40-27-26-38-30-37(24-25-39(38)31-40)33-14-7-4-8-15-33/h3-31H,1-2H3. The van der Waals surface area contributed by atoms with Crippen LogP contribution in [0, 0.1) is 0 Å². The van der Waals surface area contributed by atoms with Crippen LogP contribution in [0.25, 0.3) is 89.1 Å². The molecular weight excluding hydrogens is 659 g/mol. The molecular formula is C49H35N3Si. The number of rotatable bonds is 5. The molecule has 8 aromatic carbocycles. The molecule has 0 spiro atoms. The third-order valence-corrected chi connectivity index (χ3v) is 14.4. The normalized spacial score (nSPS) is 12.9. The van der Waals surface area contributed by atoms with E-state index in [-0.39, 0.29) is 0 Å². The summed E-state index contributed by atoms with van der Waals surface area (Å²) in [6, 6.07) is 62.9. The number of fused-ring (bicyclic) bond motifs is 6. The van der Waals surface area contributed by atoms with Crippen LogP contribution in [0.2, 0.25) is 13.1 Å². The molecule has 0 radical (unpaired) electrons. The zero-order valence-corrected chi connectivity index (χ0v) is 30.6. The molecule has 0 aliphatic carbocycles. The minimum atomic E-state index is -2.13. The van der Waals surface area contributed by atoms with Crippen molar-refractivity contribution in [2.24, 2.45) is 0 Å². The van der Waals surface area contributed by atoms with Crippen molar-refractivity contribution in [1.29, 1.82) is 0 Å². The topological polar surface area (TPSA) is 38.7 Å². The third-order valence-electron chi connectivity index (χ3n) is 10.9. The highest BCUT2D eigenvalue weighted by Gasteiger charge is 2.40. The van der Waals surface area contributed by atoms with Crippen LogP contribution >= 0.6 is 0 Å². The summed E-state index contributed by atoms with van der Waals surface area (Å²) >= 11 is 0. The van der Waals surface area contributed by atoms with E-state index < -0.39 is 8.07 Å².